The van der Waals surface area contributed by atoms with Gasteiger partial charge in [0.25, 0.3) is 5.91 Å². The molecule has 12 heteroatoms. The van der Waals surface area contributed by atoms with Crippen LogP contribution in [0.15, 0.2) is 79.1 Å². The van der Waals surface area contributed by atoms with Gasteiger partial charge in [0, 0.05) is 45.8 Å². The SMILES string of the molecule is Cc1c(-c2ccc(C)c3[nH]c(-c4cccnc4)cc23)cccc1N1Cc2ccc(F)cc2C1=O.NC=O.O=C(O)C(F)(F)F. The van der Waals surface area contributed by atoms with Crippen molar-refractivity contribution in [2.24, 2.45) is 5.73 Å². The van der Waals surface area contributed by atoms with Crippen molar-refractivity contribution in [2.75, 3.05) is 4.90 Å². The molecule has 0 atom stereocenters. The molecule has 44 heavy (non-hydrogen) atoms. The van der Waals surface area contributed by atoms with Gasteiger partial charge < -0.3 is 20.7 Å². The molecule has 5 aromatic rings. The average Bonchev–Trinajstić information content (AvgIpc) is 3.57. The summed E-state index contributed by atoms with van der Waals surface area (Å²) < 4.78 is 45.5. The van der Waals surface area contributed by atoms with E-state index in [1.54, 1.807) is 17.2 Å². The van der Waals surface area contributed by atoms with Crippen LogP contribution in [0, 0.1) is 19.7 Å². The van der Waals surface area contributed by atoms with Gasteiger partial charge in [0.1, 0.15) is 5.82 Å². The number of fused-ring (bicyclic) bond motifs is 2. The van der Waals surface area contributed by atoms with Crippen LogP contribution in [0.1, 0.15) is 27.0 Å². The van der Waals surface area contributed by atoms with Gasteiger partial charge in [-0.1, -0.05) is 30.3 Å². The Balaban J connectivity index is 0.000000386. The van der Waals surface area contributed by atoms with Gasteiger partial charge in [-0.2, -0.15) is 13.2 Å². The van der Waals surface area contributed by atoms with Gasteiger partial charge in [-0.05, 0) is 78.1 Å². The third-order valence-electron chi connectivity index (χ3n) is 6.98. The van der Waals surface area contributed by atoms with Crippen LogP contribution >= 0.6 is 0 Å². The predicted octanol–water partition coefficient (Wildman–Crippen LogP) is 6.55. The number of aromatic amines is 1. The lowest BCUT2D eigenvalue weighted by atomic mass is 9.94. The molecule has 0 spiro atoms. The number of carboxylic acids is 1. The Hall–Kier alpha value is -5.52. The number of carbonyl (C=O) groups is 3. The van der Waals surface area contributed by atoms with Crippen LogP contribution < -0.4 is 10.6 Å². The van der Waals surface area contributed by atoms with E-state index in [0.717, 1.165) is 55.7 Å². The van der Waals surface area contributed by atoms with Gasteiger partial charge in [-0.15, -0.1) is 0 Å². The Morgan fingerprint density at radius 3 is 2.36 bits per heavy atom. The van der Waals surface area contributed by atoms with Gasteiger partial charge in [0.2, 0.25) is 6.41 Å². The van der Waals surface area contributed by atoms with Crippen molar-refractivity contribution >= 4 is 34.9 Å². The summed E-state index contributed by atoms with van der Waals surface area (Å²) >= 11 is 0. The number of aromatic nitrogens is 2. The number of nitrogens with two attached hydrogens (primary N) is 1. The Bertz CT molecular complexity index is 1850. The maximum absolute atomic E-state index is 13.8. The van der Waals surface area contributed by atoms with Crippen molar-refractivity contribution in [2.45, 2.75) is 26.6 Å². The van der Waals surface area contributed by atoms with Gasteiger partial charge >= 0.3 is 12.1 Å². The fourth-order valence-corrected chi connectivity index (χ4v) is 4.95. The number of rotatable bonds is 3. The normalized spacial score (nSPS) is 12.1. The lowest BCUT2D eigenvalue weighted by Crippen LogP contribution is -2.24. The summed E-state index contributed by atoms with van der Waals surface area (Å²) in [6.45, 7) is 4.58. The number of amides is 2. The molecule has 4 N–H and O–H groups in total. The van der Waals surface area contributed by atoms with Gasteiger partial charge in [0.05, 0.1) is 6.54 Å². The summed E-state index contributed by atoms with van der Waals surface area (Å²) in [4.78, 5) is 40.2. The molecular formula is C32H26F4N4O4. The van der Waals surface area contributed by atoms with Crippen molar-refractivity contribution < 1.29 is 37.1 Å². The minimum atomic E-state index is -5.08. The highest BCUT2D eigenvalue weighted by atomic mass is 19.4. The van der Waals surface area contributed by atoms with E-state index in [4.69, 9.17) is 14.7 Å². The number of carboxylic acid groups (broad SMARTS) is 1. The zero-order valence-corrected chi connectivity index (χ0v) is 23.4. The molecule has 0 bridgehead atoms. The minimum Gasteiger partial charge on any atom is -0.475 e. The second-order valence-corrected chi connectivity index (χ2v) is 9.72. The average molecular weight is 607 g/mol. The molecule has 0 saturated carbocycles. The Morgan fingerprint density at radius 2 is 1.73 bits per heavy atom. The number of alkyl halides is 3. The maximum Gasteiger partial charge on any atom is 0.490 e. The number of H-pyrrole nitrogens is 1. The number of nitrogens with zero attached hydrogens (tertiary/aromatic N) is 2. The van der Waals surface area contributed by atoms with Crippen molar-refractivity contribution in [3.8, 4) is 22.4 Å². The van der Waals surface area contributed by atoms with Crippen molar-refractivity contribution in [3.05, 3.63) is 107 Å². The first-order valence-electron chi connectivity index (χ1n) is 13.1. The van der Waals surface area contributed by atoms with Crippen molar-refractivity contribution in [3.63, 3.8) is 0 Å². The van der Waals surface area contributed by atoms with Crippen molar-refractivity contribution in [1.29, 1.82) is 0 Å². The number of pyridine rings is 1. The highest BCUT2D eigenvalue weighted by Crippen LogP contribution is 2.39. The molecule has 1 aliphatic heterocycles. The predicted molar refractivity (Wildman–Crippen MR) is 157 cm³/mol. The molecule has 0 saturated heterocycles. The van der Waals surface area contributed by atoms with E-state index in [0.29, 0.717) is 12.1 Å². The zero-order valence-electron chi connectivity index (χ0n) is 23.4. The number of hydrogen-bond acceptors (Lipinski definition) is 4. The molecule has 8 nitrogen and oxygen atoms in total. The summed E-state index contributed by atoms with van der Waals surface area (Å²) in [7, 11) is 0. The van der Waals surface area contributed by atoms with Gasteiger partial charge in [-0.25, -0.2) is 9.18 Å². The van der Waals surface area contributed by atoms with E-state index >= 15 is 0 Å². The number of aliphatic carboxylic acids is 1. The first-order valence-corrected chi connectivity index (χ1v) is 13.1. The molecule has 0 aliphatic carbocycles. The monoisotopic (exact) mass is 606 g/mol. The second kappa shape index (κ2) is 12.8. The fourth-order valence-electron chi connectivity index (χ4n) is 4.95. The topological polar surface area (TPSA) is 129 Å². The first kappa shape index (κ1) is 31.4. The molecule has 0 unspecified atom stereocenters. The van der Waals surface area contributed by atoms with E-state index in [2.05, 4.69) is 46.9 Å². The molecular weight excluding hydrogens is 580 g/mol. The molecule has 226 valence electrons. The van der Waals surface area contributed by atoms with E-state index in [1.165, 1.54) is 12.1 Å². The van der Waals surface area contributed by atoms with Gasteiger partial charge in [0.15, 0.2) is 0 Å². The van der Waals surface area contributed by atoms with Crippen molar-refractivity contribution in [1.82, 2.24) is 9.97 Å². The van der Waals surface area contributed by atoms with Crippen LogP contribution in [0.25, 0.3) is 33.3 Å². The number of nitrogens with one attached hydrogen (secondary N) is 1. The second-order valence-electron chi connectivity index (χ2n) is 9.72. The number of anilines is 1. The zero-order chi connectivity index (χ0) is 32.2. The number of hydrogen-bond donors (Lipinski definition) is 3. The minimum absolute atomic E-state index is 0.163. The number of benzene rings is 3. The Kier molecular flexibility index (Phi) is 9.12. The quantitative estimate of drug-likeness (QED) is 0.159. The van der Waals surface area contributed by atoms with E-state index in [1.807, 2.05) is 37.4 Å². The third-order valence-corrected chi connectivity index (χ3v) is 6.98. The molecule has 6 rings (SSSR count). The molecule has 2 amide bonds. The summed E-state index contributed by atoms with van der Waals surface area (Å²) in [6.07, 6.45) is -1.21. The van der Waals surface area contributed by atoms with E-state index in [9.17, 15) is 22.4 Å². The first-order chi connectivity index (χ1) is 20.9. The standard InChI is InChI=1S/C29H22FN3O.C2HF3O2.CH3NO/c1-17-8-11-23(25-14-26(32-28(17)25)19-5-4-12-31-15-19)22-6-3-7-27(18(22)2)33-16-20-9-10-21(30)13-24(20)29(33)34;3-2(4,5)1(6)7;2-1-3/h3-15,32H,16H2,1-2H3;(H,6,7);1H,(H2,2,3). The number of halogens is 4. The summed E-state index contributed by atoms with van der Waals surface area (Å²) in [6, 6.07) is 20.9. The van der Waals surface area contributed by atoms with E-state index in [-0.39, 0.29) is 12.3 Å². The van der Waals surface area contributed by atoms with Crippen LogP contribution in [0.2, 0.25) is 0 Å². The molecule has 0 fully saturated rings. The maximum atomic E-state index is 13.8. The highest BCUT2D eigenvalue weighted by molar-refractivity contribution is 6.11. The molecule has 3 heterocycles. The Morgan fingerprint density at radius 1 is 1.02 bits per heavy atom. The third kappa shape index (κ3) is 6.43. The lowest BCUT2D eigenvalue weighted by Gasteiger charge is -2.21. The highest BCUT2D eigenvalue weighted by Gasteiger charge is 2.38. The van der Waals surface area contributed by atoms with E-state index < -0.39 is 18.0 Å². The van der Waals surface area contributed by atoms with Gasteiger partial charge in [-0.3, -0.25) is 14.6 Å². The fraction of sp³-hybridized carbons (Fsp3) is 0.125. The number of aryl methyl sites for hydroxylation is 1. The molecule has 3 aromatic carbocycles. The summed E-state index contributed by atoms with van der Waals surface area (Å²) in [5.41, 5.74) is 13.8. The van der Waals surface area contributed by atoms with Crippen LogP contribution in [0.4, 0.5) is 23.2 Å². The smallest absolute Gasteiger partial charge is 0.475 e. The largest absolute Gasteiger partial charge is 0.490 e. The summed E-state index contributed by atoms with van der Waals surface area (Å²) in [5.74, 6) is -3.31. The summed E-state index contributed by atoms with van der Waals surface area (Å²) in [5, 5.41) is 8.25. The number of carbonyl (C=O) groups excluding carboxylic acids is 2. The van der Waals surface area contributed by atoms with Crippen LogP contribution in [0.3, 0.4) is 0 Å². The van der Waals surface area contributed by atoms with Crippen LogP contribution in [-0.2, 0) is 16.1 Å². The molecule has 0 radical (unpaired) electrons. The molecule has 1 aliphatic rings. The lowest BCUT2D eigenvalue weighted by molar-refractivity contribution is -0.192. The Labute approximate surface area is 248 Å². The van der Waals surface area contributed by atoms with Crippen LogP contribution in [-0.4, -0.2) is 39.5 Å². The molecule has 2 aromatic heterocycles. The van der Waals surface area contributed by atoms with Crippen LogP contribution in [0.5, 0.6) is 0 Å². The number of primary amides is 1.